The van der Waals surface area contributed by atoms with Gasteiger partial charge in [-0.05, 0) is 44.7 Å². The Kier molecular flexibility index (Phi) is 8.53. The van der Waals surface area contributed by atoms with Crippen molar-refractivity contribution in [2.75, 3.05) is 0 Å². The van der Waals surface area contributed by atoms with Gasteiger partial charge in [0.25, 0.3) is 0 Å². The van der Waals surface area contributed by atoms with Gasteiger partial charge in [-0.2, -0.15) is 4.98 Å². The van der Waals surface area contributed by atoms with E-state index >= 15 is 0 Å². The third-order valence-electron chi connectivity index (χ3n) is 4.32. The number of aryl methyl sites for hydroxylation is 3. The second-order valence-corrected chi connectivity index (χ2v) is 7.74. The molecule has 0 aliphatic carbocycles. The second kappa shape index (κ2) is 11.1. The van der Waals surface area contributed by atoms with E-state index in [1.165, 1.54) is 11.1 Å². The molecule has 3 rings (SSSR count). The van der Waals surface area contributed by atoms with E-state index in [2.05, 4.69) is 74.2 Å². The van der Waals surface area contributed by atoms with Gasteiger partial charge in [-0.15, -0.1) is 0 Å². The highest BCUT2D eigenvalue weighted by Crippen LogP contribution is 2.17. The van der Waals surface area contributed by atoms with Crippen molar-refractivity contribution in [2.24, 2.45) is 5.92 Å². The van der Waals surface area contributed by atoms with Gasteiger partial charge in [0, 0.05) is 17.7 Å². The summed E-state index contributed by atoms with van der Waals surface area (Å²) in [5.74, 6) is 2.07. The molecular formula is C25H31N3O. The SMILES string of the molecule is CC(=N)/C=C/c1ccc(C)cc1.Cc1ccc(-c2noc(CCC(C)C)n2)cc1. The van der Waals surface area contributed by atoms with Gasteiger partial charge in [0.05, 0.1) is 0 Å². The molecule has 0 amide bonds. The minimum Gasteiger partial charge on any atom is -0.339 e. The van der Waals surface area contributed by atoms with Crippen molar-refractivity contribution in [3.63, 3.8) is 0 Å². The summed E-state index contributed by atoms with van der Waals surface area (Å²) in [6, 6.07) is 16.4. The molecule has 0 saturated heterocycles. The third-order valence-corrected chi connectivity index (χ3v) is 4.32. The van der Waals surface area contributed by atoms with Crippen LogP contribution in [0.3, 0.4) is 0 Å². The van der Waals surface area contributed by atoms with Crippen LogP contribution in [0, 0.1) is 25.2 Å². The third kappa shape index (κ3) is 8.26. The lowest BCUT2D eigenvalue weighted by atomic mass is 10.1. The summed E-state index contributed by atoms with van der Waals surface area (Å²) >= 11 is 0. The van der Waals surface area contributed by atoms with Crippen LogP contribution in [-0.2, 0) is 6.42 Å². The van der Waals surface area contributed by atoms with Crippen molar-refractivity contribution in [3.05, 3.63) is 77.2 Å². The quantitative estimate of drug-likeness (QED) is 0.478. The molecule has 0 aliphatic heterocycles. The number of nitrogens with one attached hydrogen (secondary N) is 1. The van der Waals surface area contributed by atoms with Crippen molar-refractivity contribution < 1.29 is 4.52 Å². The molecule has 0 aliphatic rings. The lowest BCUT2D eigenvalue weighted by molar-refractivity contribution is 0.368. The van der Waals surface area contributed by atoms with Gasteiger partial charge in [0.1, 0.15) is 0 Å². The fourth-order valence-corrected chi connectivity index (χ4v) is 2.49. The van der Waals surface area contributed by atoms with E-state index in [1.807, 2.05) is 18.2 Å². The topological polar surface area (TPSA) is 62.8 Å². The van der Waals surface area contributed by atoms with Crippen molar-refractivity contribution >= 4 is 11.8 Å². The molecule has 4 heteroatoms. The monoisotopic (exact) mass is 389 g/mol. The van der Waals surface area contributed by atoms with E-state index in [1.54, 1.807) is 13.0 Å². The Bertz CT molecular complexity index is 919. The normalized spacial score (nSPS) is 10.8. The first kappa shape index (κ1) is 22.3. The summed E-state index contributed by atoms with van der Waals surface area (Å²) in [5, 5.41) is 11.2. The summed E-state index contributed by atoms with van der Waals surface area (Å²) in [6.45, 7) is 10.3. The molecule has 3 aromatic rings. The molecule has 1 N–H and O–H groups in total. The van der Waals surface area contributed by atoms with E-state index in [0.29, 0.717) is 17.5 Å². The second-order valence-electron chi connectivity index (χ2n) is 7.74. The molecule has 0 saturated carbocycles. The van der Waals surface area contributed by atoms with Crippen LogP contribution in [-0.4, -0.2) is 15.9 Å². The Balaban J connectivity index is 0.000000221. The van der Waals surface area contributed by atoms with Crippen molar-refractivity contribution in [1.29, 1.82) is 5.41 Å². The van der Waals surface area contributed by atoms with Crippen LogP contribution in [0.2, 0.25) is 0 Å². The molecular weight excluding hydrogens is 358 g/mol. The summed E-state index contributed by atoms with van der Waals surface area (Å²) in [4.78, 5) is 4.40. The number of benzene rings is 2. The summed E-state index contributed by atoms with van der Waals surface area (Å²) in [5.41, 5.74) is 5.23. The predicted octanol–water partition coefficient (Wildman–Crippen LogP) is 6.68. The Hall–Kier alpha value is -3.01. The summed E-state index contributed by atoms with van der Waals surface area (Å²) < 4.78 is 5.24. The number of rotatable bonds is 6. The molecule has 0 fully saturated rings. The van der Waals surface area contributed by atoms with E-state index < -0.39 is 0 Å². The van der Waals surface area contributed by atoms with Crippen LogP contribution in [0.5, 0.6) is 0 Å². The zero-order chi connectivity index (χ0) is 21.2. The standard InChI is InChI=1S/C14H18N2O.C11H13N/c1-10(2)4-9-13-15-14(16-17-13)12-7-5-11(3)6-8-12;1-9-3-6-11(7-4-9)8-5-10(2)12/h5-8,10H,4,9H2,1-3H3;3-8,12H,1-2H3/b;8-5+,12-10?. The number of aromatic nitrogens is 2. The predicted molar refractivity (Wildman–Crippen MR) is 121 cm³/mol. The van der Waals surface area contributed by atoms with Crippen molar-refractivity contribution in [1.82, 2.24) is 10.1 Å². The smallest absolute Gasteiger partial charge is 0.226 e. The maximum Gasteiger partial charge on any atom is 0.226 e. The maximum absolute atomic E-state index is 7.20. The summed E-state index contributed by atoms with van der Waals surface area (Å²) in [7, 11) is 0. The highest BCUT2D eigenvalue weighted by Gasteiger charge is 2.08. The molecule has 0 bridgehead atoms. The van der Waals surface area contributed by atoms with E-state index in [0.717, 1.165) is 29.9 Å². The maximum atomic E-state index is 7.20. The fourth-order valence-electron chi connectivity index (χ4n) is 2.49. The minimum atomic E-state index is 0.579. The number of allylic oxidation sites excluding steroid dienone is 1. The first-order chi connectivity index (χ1) is 13.8. The van der Waals surface area contributed by atoms with Gasteiger partial charge < -0.3 is 9.93 Å². The van der Waals surface area contributed by atoms with Gasteiger partial charge >= 0.3 is 0 Å². The van der Waals surface area contributed by atoms with Gasteiger partial charge in [0.2, 0.25) is 11.7 Å². The van der Waals surface area contributed by atoms with Crippen LogP contribution < -0.4 is 0 Å². The molecule has 29 heavy (non-hydrogen) atoms. The zero-order valence-corrected chi connectivity index (χ0v) is 18.1. The molecule has 1 heterocycles. The van der Waals surface area contributed by atoms with Crippen LogP contribution >= 0.6 is 0 Å². The van der Waals surface area contributed by atoms with Crippen LogP contribution in [0.15, 0.2) is 59.1 Å². The van der Waals surface area contributed by atoms with E-state index in [9.17, 15) is 0 Å². The van der Waals surface area contributed by atoms with E-state index in [-0.39, 0.29) is 0 Å². The van der Waals surface area contributed by atoms with Gasteiger partial charge in [-0.1, -0.05) is 84.7 Å². The van der Waals surface area contributed by atoms with Gasteiger partial charge in [-0.25, -0.2) is 0 Å². The average Bonchev–Trinajstić information content (AvgIpc) is 3.16. The highest BCUT2D eigenvalue weighted by molar-refractivity contribution is 5.93. The molecule has 0 spiro atoms. The molecule has 0 radical (unpaired) electrons. The van der Waals surface area contributed by atoms with Crippen molar-refractivity contribution in [3.8, 4) is 11.4 Å². The summed E-state index contributed by atoms with van der Waals surface area (Å²) in [6.07, 6.45) is 5.68. The van der Waals surface area contributed by atoms with Crippen LogP contribution in [0.4, 0.5) is 0 Å². The molecule has 152 valence electrons. The average molecular weight is 390 g/mol. The zero-order valence-electron chi connectivity index (χ0n) is 18.1. The van der Waals surface area contributed by atoms with Gasteiger partial charge in [-0.3, -0.25) is 0 Å². The first-order valence-electron chi connectivity index (χ1n) is 10.0. The molecule has 0 atom stereocenters. The molecule has 0 unspecified atom stereocenters. The Morgan fingerprint density at radius 2 is 1.59 bits per heavy atom. The minimum absolute atomic E-state index is 0.579. The Labute approximate surface area is 174 Å². The van der Waals surface area contributed by atoms with E-state index in [4.69, 9.17) is 9.93 Å². The molecule has 2 aromatic carbocycles. The number of nitrogens with zero attached hydrogens (tertiary/aromatic N) is 2. The molecule has 4 nitrogen and oxygen atoms in total. The first-order valence-corrected chi connectivity index (χ1v) is 10.0. The van der Waals surface area contributed by atoms with Gasteiger partial charge in [0.15, 0.2) is 0 Å². The lowest BCUT2D eigenvalue weighted by Gasteiger charge is -1.98. The Morgan fingerprint density at radius 3 is 2.14 bits per heavy atom. The number of hydrogen-bond donors (Lipinski definition) is 1. The van der Waals surface area contributed by atoms with Crippen LogP contribution in [0.25, 0.3) is 17.5 Å². The number of hydrogen-bond acceptors (Lipinski definition) is 4. The fraction of sp³-hybridized carbons (Fsp3) is 0.320. The highest BCUT2D eigenvalue weighted by atomic mass is 16.5. The lowest BCUT2D eigenvalue weighted by Crippen LogP contribution is -1.92. The molecule has 1 aromatic heterocycles. The van der Waals surface area contributed by atoms with Crippen LogP contribution in [0.1, 0.15) is 49.8 Å². The largest absolute Gasteiger partial charge is 0.339 e. The Morgan fingerprint density at radius 1 is 1.00 bits per heavy atom. The van der Waals surface area contributed by atoms with Crippen molar-refractivity contribution in [2.45, 2.75) is 47.5 Å².